The van der Waals surface area contributed by atoms with Crippen molar-refractivity contribution in [1.82, 2.24) is 10.6 Å². The number of hydrogen-bond donors (Lipinski definition) is 3. The van der Waals surface area contributed by atoms with Gasteiger partial charge in [0.1, 0.15) is 0 Å². The maximum absolute atomic E-state index is 12.1. The Morgan fingerprint density at radius 1 is 1.47 bits per heavy atom. The summed E-state index contributed by atoms with van der Waals surface area (Å²) in [4.78, 5) is 22.8. The molecule has 1 heterocycles. The predicted molar refractivity (Wildman–Crippen MR) is 73.8 cm³/mol. The third-order valence-corrected chi connectivity index (χ3v) is 3.92. The molecule has 0 aromatic rings. The van der Waals surface area contributed by atoms with E-state index in [1.165, 1.54) is 0 Å². The topological polar surface area (TPSA) is 78.4 Å². The molecule has 2 atom stereocenters. The molecular weight excluding hydrogens is 244 g/mol. The van der Waals surface area contributed by atoms with Gasteiger partial charge in [0.2, 0.25) is 5.91 Å². The molecule has 1 fully saturated rings. The molecule has 0 aliphatic carbocycles. The Morgan fingerprint density at radius 3 is 2.74 bits per heavy atom. The van der Waals surface area contributed by atoms with Gasteiger partial charge in [-0.3, -0.25) is 9.59 Å². The van der Waals surface area contributed by atoms with Crippen LogP contribution in [0.2, 0.25) is 0 Å². The zero-order valence-electron chi connectivity index (χ0n) is 12.2. The number of amides is 1. The van der Waals surface area contributed by atoms with Gasteiger partial charge in [-0.05, 0) is 37.6 Å². The Kier molecular flexibility index (Phi) is 5.79. The molecule has 1 amide bonds. The van der Waals surface area contributed by atoms with Crippen molar-refractivity contribution in [2.24, 2.45) is 11.3 Å². The molecule has 0 saturated carbocycles. The first kappa shape index (κ1) is 16.0. The normalized spacial score (nSPS) is 23.6. The van der Waals surface area contributed by atoms with E-state index in [4.69, 9.17) is 5.11 Å². The van der Waals surface area contributed by atoms with E-state index in [0.717, 1.165) is 19.4 Å². The lowest BCUT2D eigenvalue weighted by Crippen LogP contribution is -2.55. The smallest absolute Gasteiger partial charge is 0.306 e. The molecule has 0 radical (unpaired) electrons. The summed E-state index contributed by atoms with van der Waals surface area (Å²) < 4.78 is 0. The third kappa shape index (κ3) is 4.82. The number of carbonyl (C=O) groups is 2. The van der Waals surface area contributed by atoms with E-state index < -0.39 is 5.97 Å². The molecule has 2 unspecified atom stereocenters. The second-order valence-corrected chi connectivity index (χ2v) is 6.15. The van der Waals surface area contributed by atoms with Crippen LogP contribution < -0.4 is 10.6 Å². The molecule has 0 aromatic heterocycles. The van der Waals surface area contributed by atoms with E-state index in [1.54, 1.807) is 6.92 Å². The van der Waals surface area contributed by atoms with Crippen LogP contribution in [-0.4, -0.2) is 36.1 Å². The van der Waals surface area contributed by atoms with E-state index in [9.17, 15) is 9.59 Å². The molecule has 1 aliphatic heterocycles. The number of rotatable bonds is 6. The number of carboxylic acid groups (broad SMARTS) is 1. The molecule has 0 spiro atoms. The van der Waals surface area contributed by atoms with Crippen LogP contribution >= 0.6 is 0 Å². The van der Waals surface area contributed by atoms with Gasteiger partial charge in [0, 0.05) is 6.54 Å². The van der Waals surface area contributed by atoms with Crippen molar-refractivity contribution in [3.63, 3.8) is 0 Å². The molecule has 110 valence electrons. The first-order valence-corrected chi connectivity index (χ1v) is 7.08. The van der Waals surface area contributed by atoms with Crippen LogP contribution in [0.15, 0.2) is 0 Å². The van der Waals surface area contributed by atoms with Gasteiger partial charge in [-0.2, -0.15) is 0 Å². The zero-order chi connectivity index (χ0) is 14.5. The van der Waals surface area contributed by atoms with Gasteiger partial charge in [-0.1, -0.05) is 20.8 Å². The number of carbonyl (C=O) groups excluding carboxylic acids is 1. The van der Waals surface area contributed by atoms with Crippen LogP contribution in [0.4, 0.5) is 0 Å². The van der Waals surface area contributed by atoms with Crippen LogP contribution in [0.5, 0.6) is 0 Å². The summed E-state index contributed by atoms with van der Waals surface area (Å²) in [5.41, 5.74) is -0.0172. The van der Waals surface area contributed by atoms with E-state index in [-0.39, 0.29) is 23.3 Å². The fraction of sp³-hybridized carbons (Fsp3) is 0.857. The van der Waals surface area contributed by atoms with Gasteiger partial charge in [0.25, 0.3) is 0 Å². The van der Waals surface area contributed by atoms with E-state index in [1.807, 2.05) is 0 Å². The van der Waals surface area contributed by atoms with E-state index in [2.05, 4.69) is 24.5 Å². The largest absolute Gasteiger partial charge is 0.481 e. The van der Waals surface area contributed by atoms with Crippen LogP contribution in [0.1, 0.15) is 46.5 Å². The minimum Gasteiger partial charge on any atom is -0.481 e. The summed E-state index contributed by atoms with van der Waals surface area (Å²) in [5.74, 6) is -1.09. The summed E-state index contributed by atoms with van der Waals surface area (Å²) in [5, 5.41) is 14.9. The Labute approximate surface area is 115 Å². The maximum atomic E-state index is 12.1. The molecule has 3 N–H and O–H groups in total. The van der Waals surface area contributed by atoms with Crippen LogP contribution in [0, 0.1) is 11.3 Å². The standard InChI is InChI=1S/C14H26N2O3/c1-10(13(18)19)6-4-8-16-12(17)11-14(2,3)7-5-9-15-11/h10-11,15H,4-9H2,1-3H3,(H,16,17)(H,18,19). The highest BCUT2D eigenvalue weighted by Crippen LogP contribution is 2.30. The molecule has 5 nitrogen and oxygen atoms in total. The molecule has 1 saturated heterocycles. The summed E-state index contributed by atoms with van der Waals surface area (Å²) in [7, 11) is 0. The fourth-order valence-electron chi connectivity index (χ4n) is 2.50. The van der Waals surface area contributed by atoms with E-state index >= 15 is 0 Å². The predicted octanol–water partition coefficient (Wildman–Crippen LogP) is 1.38. The van der Waals surface area contributed by atoms with Crippen LogP contribution in [-0.2, 0) is 9.59 Å². The third-order valence-electron chi connectivity index (χ3n) is 3.92. The van der Waals surface area contributed by atoms with Crippen molar-refractivity contribution in [2.75, 3.05) is 13.1 Å². The van der Waals surface area contributed by atoms with Gasteiger partial charge in [0.15, 0.2) is 0 Å². The van der Waals surface area contributed by atoms with Crippen molar-refractivity contribution < 1.29 is 14.7 Å². The van der Waals surface area contributed by atoms with Crippen molar-refractivity contribution in [3.05, 3.63) is 0 Å². The lowest BCUT2D eigenvalue weighted by atomic mass is 9.77. The number of aliphatic carboxylic acids is 1. The Balaban J connectivity index is 2.29. The lowest BCUT2D eigenvalue weighted by Gasteiger charge is -2.38. The maximum Gasteiger partial charge on any atom is 0.306 e. The Bertz CT molecular complexity index is 329. The molecule has 0 aromatic carbocycles. The SMILES string of the molecule is CC(CCCNC(=O)C1NCCCC1(C)C)C(=O)O. The van der Waals surface area contributed by atoms with Crippen molar-refractivity contribution in [3.8, 4) is 0 Å². The van der Waals surface area contributed by atoms with Gasteiger partial charge >= 0.3 is 5.97 Å². The Hall–Kier alpha value is -1.10. The molecule has 1 rings (SSSR count). The highest BCUT2D eigenvalue weighted by Gasteiger charge is 2.36. The first-order chi connectivity index (χ1) is 8.84. The van der Waals surface area contributed by atoms with Gasteiger partial charge < -0.3 is 15.7 Å². The van der Waals surface area contributed by atoms with Gasteiger partial charge in [-0.15, -0.1) is 0 Å². The average molecular weight is 270 g/mol. The molecular formula is C14H26N2O3. The molecule has 0 bridgehead atoms. The van der Waals surface area contributed by atoms with E-state index in [0.29, 0.717) is 19.4 Å². The fourth-order valence-corrected chi connectivity index (χ4v) is 2.50. The minimum absolute atomic E-state index is 0.0172. The number of carboxylic acids is 1. The monoisotopic (exact) mass is 270 g/mol. The van der Waals surface area contributed by atoms with Crippen molar-refractivity contribution >= 4 is 11.9 Å². The molecule has 5 heteroatoms. The second kappa shape index (κ2) is 6.89. The minimum atomic E-state index is -0.776. The second-order valence-electron chi connectivity index (χ2n) is 6.15. The summed E-state index contributed by atoms with van der Waals surface area (Å²) in [6.07, 6.45) is 3.45. The number of piperidine rings is 1. The number of nitrogens with one attached hydrogen (secondary N) is 2. The summed E-state index contributed by atoms with van der Waals surface area (Å²) in [6.45, 7) is 7.34. The van der Waals surface area contributed by atoms with Gasteiger partial charge in [-0.25, -0.2) is 0 Å². The van der Waals surface area contributed by atoms with Crippen molar-refractivity contribution in [2.45, 2.75) is 52.5 Å². The highest BCUT2D eigenvalue weighted by molar-refractivity contribution is 5.82. The quantitative estimate of drug-likeness (QED) is 0.637. The summed E-state index contributed by atoms with van der Waals surface area (Å²) >= 11 is 0. The van der Waals surface area contributed by atoms with Crippen molar-refractivity contribution in [1.29, 1.82) is 0 Å². The molecule has 19 heavy (non-hydrogen) atoms. The van der Waals surface area contributed by atoms with Gasteiger partial charge in [0.05, 0.1) is 12.0 Å². The summed E-state index contributed by atoms with van der Waals surface area (Å²) in [6, 6.07) is -0.141. The van der Waals surface area contributed by atoms with Crippen LogP contribution in [0.25, 0.3) is 0 Å². The average Bonchev–Trinajstić information content (AvgIpc) is 2.33. The lowest BCUT2D eigenvalue weighted by molar-refractivity contribution is -0.141. The Morgan fingerprint density at radius 2 is 2.16 bits per heavy atom. The zero-order valence-corrected chi connectivity index (χ0v) is 12.2. The highest BCUT2D eigenvalue weighted by atomic mass is 16.4. The number of hydrogen-bond acceptors (Lipinski definition) is 3. The van der Waals surface area contributed by atoms with Crippen LogP contribution in [0.3, 0.4) is 0 Å². The first-order valence-electron chi connectivity index (χ1n) is 7.08. The molecule has 1 aliphatic rings.